The van der Waals surface area contributed by atoms with Gasteiger partial charge in [0.1, 0.15) is 5.82 Å². The number of pyridine rings is 1. The van der Waals surface area contributed by atoms with E-state index in [9.17, 15) is 4.79 Å². The van der Waals surface area contributed by atoms with Gasteiger partial charge in [0, 0.05) is 50.9 Å². The van der Waals surface area contributed by atoms with E-state index in [1.165, 1.54) is 12.8 Å². The highest BCUT2D eigenvalue weighted by Crippen LogP contribution is 2.30. The van der Waals surface area contributed by atoms with E-state index in [1.54, 1.807) is 6.20 Å². The molecule has 5 nitrogen and oxygen atoms in total. The highest BCUT2D eigenvalue weighted by Gasteiger charge is 2.24. The molecule has 2 saturated heterocycles. The van der Waals surface area contributed by atoms with Crippen LogP contribution in [0.3, 0.4) is 0 Å². The van der Waals surface area contributed by atoms with Crippen molar-refractivity contribution in [1.29, 1.82) is 0 Å². The number of benzene rings is 1. The number of aromatic nitrogens is 1. The van der Waals surface area contributed by atoms with E-state index in [1.807, 2.05) is 17.0 Å². The fourth-order valence-corrected chi connectivity index (χ4v) is 3.71. The van der Waals surface area contributed by atoms with Crippen LogP contribution in [0, 0.1) is 0 Å². The first-order valence-electron chi connectivity index (χ1n) is 8.84. The molecule has 0 bridgehead atoms. The Balaban J connectivity index is 1.71. The summed E-state index contributed by atoms with van der Waals surface area (Å²) >= 11 is 0. The molecule has 0 spiro atoms. The van der Waals surface area contributed by atoms with Crippen LogP contribution in [0.4, 0.5) is 5.82 Å². The van der Waals surface area contributed by atoms with Crippen LogP contribution in [0.1, 0.15) is 23.2 Å². The molecular formula is C19H24N4O. The molecule has 2 aliphatic heterocycles. The fourth-order valence-electron chi connectivity index (χ4n) is 3.71. The minimum absolute atomic E-state index is 0.111. The molecule has 3 heterocycles. The third-order valence-electron chi connectivity index (χ3n) is 5.20. The Morgan fingerprint density at radius 1 is 0.958 bits per heavy atom. The Bertz CT molecular complexity index is 746. The molecule has 1 aromatic carbocycles. The smallest absolute Gasteiger partial charge is 0.256 e. The van der Waals surface area contributed by atoms with Crippen LogP contribution in [0.15, 0.2) is 30.5 Å². The van der Waals surface area contributed by atoms with Gasteiger partial charge in [-0.05, 0) is 25.3 Å². The maximum atomic E-state index is 13.0. The molecule has 0 aliphatic carbocycles. The second kappa shape index (κ2) is 6.40. The minimum Gasteiger partial charge on any atom is -0.356 e. The number of fused-ring (bicyclic) bond motifs is 1. The maximum absolute atomic E-state index is 13.0. The summed E-state index contributed by atoms with van der Waals surface area (Å²) < 4.78 is 0. The summed E-state index contributed by atoms with van der Waals surface area (Å²) in [5, 5.41) is 2.12. The Morgan fingerprint density at radius 3 is 2.33 bits per heavy atom. The molecule has 2 aromatic rings. The Morgan fingerprint density at radius 2 is 1.62 bits per heavy atom. The van der Waals surface area contributed by atoms with Crippen molar-refractivity contribution < 1.29 is 4.79 Å². The highest BCUT2D eigenvalue weighted by atomic mass is 16.2. The van der Waals surface area contributed by atoms with Gasteiger partial charge in [-0.1, -0.05) is 24.3 Å². The second-order valence-corrected chi connectivity index (χ2v) is 6.83. The van der Waals surface area contributed by atoms with E-state index < -0.39 is 0 Å². The molecule has 0 atom stereocenters. The third kappa shape index (κ3) is 2.73. The van der Waals surface area contributed by atoms with Crippen molar-refractivity contribution in [2.75, 3.05) is 51.2 Å². The molecule has 2 fully saturated rings. The normalized spacial score (nSPS) is 19.2. The number of nitrogens with zero attached hydrogens (tertiary/aromatic N) is 4. The van der Waals surface area contributed by atoms with Crippen LogP contribution in [0.25, 0.3) is 10.8 Å². The van der Waals surface area contributed by atoms with Crippen molar-refractivity contribution in [2.45, 2.75) is 12.8 Å². The van der Waals surface area contributed by atoms with Gasteiger partial charge < -0.3 is 14.7 Å². The topological polar surface area (TPSA) is 39.7 Å². The summed E-state index contributed by atoms with van der Waals surface area (Å²) in [4.78, 5) is 24.3. The summed E-state index contributed by atoms with van der Waals surface area (Å²) in [6.45, 7) is 5.56. The first kappa shape index (κ1) is 15.4. The van der Waals surface area contributed by atoms with E-state index in [4.69, 9.17) is 0 Å². The Labute approximate surface area is 142 Å². The third-order valence-corrected chi connectivity index (χ3v) is 5.20. The molecule has 0 saturated carbocycles. The van der Waals surface area contributed by atoms with Crippen molar-refractivity contribution in [3.05, 3.63) is 36.0 Å². The van der Waals surface area contributed by atoms with Gasteiger partial charge in [0.05, 0.1) is 5.56 Å². The van der Waals surface area contributed by atoms with Gasteiger partial charge in [-0.2, -0.15) is 0 Å². The average Bonchev–Trinajstić information content (AvgIpc) is 3.15. The highest BCUT2D eigenvalue weighted by molar-refractivity contribution is 6.09. The van der Waals surface area contributed by atoms with Crippen molar-refractivity contribution in [1.82, 2.24) is 14.8 Å². The molecule has 1 aromatic heterocycles. The quantitative estimate of drug-likeness (QED) is 0.849. The van der Waals surface area contributed by atoms with Gasteiger partial charge in [0.15, 0.2) is 0 Å². The number of hydrogen-bond acceptors (Lipinski definition) is 4. The number of carbonyl (C=O) groups is 1. The van der Waals surface area contributed by atoms with Gasteiger partial charge in [-0.3, -0.25) is 4.79 Å². The lowest BCUT2D eigenvalue weighted by molar-refractivity contribution is 0.0665. The van der Waals surface area contributed by atoms with Gasteiger partial charge in [-0.25, -0.2) is 4.98 Å². The number of likely N-dealkylation sites (N-methyl/N-ethyl adjacent to an activating group) is 1. The predicted molar refractivity (Wildman–Crippen MR) is 96.6 cm³/mol. The SMILES string of the molecule is CN1CCN(C(=O)c2cnc(N3CCCC3)c3ccccc23)CC1. The molecular weight excluding hydrogens is 300 g/mol. The summed E-state index contributed by atoms with van der Waals surface area (Å²) in [5.41, 5.74) is 0.734. The molecule has 0 radical (unpaired) electrons. The summed E-state index contributed by atoms with van der Waals surface area (Å²) in [7, 11) is 2.10. The molecule has 126 valence electrons. The molecule has 5 heteroatoms. The summed E-state index contributed by atoms with van der Waals surface area (Å²) in [6.07, 6.45) is 4.23. The number of rotatable bonds is 2. The number of anilines is 1. The fraction of sp³-hybridized carbons (Fsp3) is 0.474. The summed E-state index contributed by atoms with van der Waals surface area (Å²) in [5.74, 6) is 1.14. The van der Waals surface area contributed by atoms with Gasteiger partial charge in [0.25, 0.3) is 5.91 Å². The van der Waals surface area contributed by atoms with E-state index >= 15 is 0 Å². The second-order valence-electron chi connectivity index (χ2n) is 6.83. The average molecular weight is 324 g/mol. The number of carbonyl (C=O) groups excluding carboxylic acids is 1. The summed E-state index contributed by atoms with van der Waals surface area (Å²) in [6, 6.07) is 8.20. The zero-order valence-electron chi connectivity index (χ0n) is 14.2. The largest absolute Gasteiger partial charge is 0.356 e. The van der Waals surface area contributed by atoms with Crippen LogP contribution in [0.5, 0.6) is 0 Å². The minimum atomic E-state index is 0.111. The zero-order valence-corrected chi connectivity index (χ0v) is 14.2. The van der Waals surface area contributed by atoms with Crippen LogP contribution < -0.4 is 4.90 Å². The standard InChI is InChI=1S/C19H24N4O/c1-21-10-12-23(13-11-21)19(24)17-14-20-18(22-8-4-5-9-22)16-7-3-2-6-15(16)17/h2-3,6-7,14H,4-5,8-13H2,1H3. The van der Waals surface area contributed by atoms with Crippen molar-refractivity contribution in [2.24, 2.45) is 0 Å². The van der Waals surface area contributed by atoms with Crippen LogP contribution in [0.2, 0.25) is 0 Å². The Kier molecular flexibility index (Phi) is 4.10. The Hall–Kier alpha value is -2.14. The van der Waals surface area contributed by atoms with E-state index in [0.717, 1.165) is 61.4 Å². The van der Waals surface area contributed by atoms with Crippen LogP contribution in [-0.2, 0) is 0 Å². The monoisotopic (exact) mass is 324 g/mol. The molecule has 0 unspecified atom stereocenters. The van der Waals surface area contributed by atoms with Crippen LogP contribution >= 0.6 is 0 Å². The van der Waals surface area contributed by atoms with E-state index in [2.05, 4.69) is 34.0 Å². The van der Waals surface area contributed by atoms with Crippen molar-refractivity contribution in [3.8, 4) is 0 Å². The molecule has 2 aliphatic rings. The molecule has 4 rings (SSSR count). The lowest BCUT2D eigenvalue weighted by atomic mass is 10.1. The van der Waals surface area contributed by atoms with E-state index in [0.29, 0.717) is 0 Å². The number of hydrogen-bond donors (Lipinski definition) is 0. The van der Waals surface area contributed by atoms with Gasteiger partial charge in [-0.15, -0.1) is 0 Å². The van der Waals surface area contributed by atoms with Gasteiger partial charge >= 0.3 is 0 Å². The van der Waals surface area contributed by atoms with E-state index in [-0.39, 0.29) is 5.91 Å². The lowest BCUT2D eigenvalue weighted by Crippen LogP contribution is -2.47. The van der Waals surface area contributed by atoms with Crippen molar-refractivity contribution in [3.63, 3.8) is 0 Å². The predicted octanol–water partition coefficient (Wildman–Crippen LogP) is 2.22. The number of amides is 1. The molecule has 0 N–H and O–H groups in total. The van der Waals surface area contributed by atoms with Crippen LogP contribution in [-0.4, -0.2) is 67.0 Å². The zero-order chi connectivity index (χ0) is 16.5. The lowest BCUT2D eigenvalue weighted by Gasteiger charge is -2.32. The number of piperazine rings is 1. The first-order chi connectivity index (χ1) is 11.7. The molecule has 1 amide bonds. The molecule has 24 heavy (non-hydrogen) atoms. The maximum Gasteiger partial charge on any atom is 0.256 e. The first-order valence-corrected chi connectivity index (χ1v) is 8.84. The van der Waals surface area contributed by atoms with Gasteiger partial charge in [0.2, 0.25) is 0 Å². The van der Waals surface area contributed by atoms with Crippen molar-refractivity contribution >= 4 is 22.5 Å².